The topological polar surface area (TPSA) is 175 Å². The van der Waals surface area contributed by atoms with Crippen LogP contribution in [-0.4, -0.2) is 100 Å². The normalized spacial score (nSPS) is 18.6. The summed E-state index contributed by atoms with van der Waals surface area (Å²) in [5, 5.41) is 54.2. The maximum absolute atomic E-state index is 13.0. The van der Waals surface area contributed by atoms with Gasteiger partial charge in [-0.15, -0.1) is 0 Å². The standard InChI is InChI=1S/C72H129NO10/c1-3-5-7-9-11-13-14-15-16-17-27-31-34-37-40-44-48-52-56-60-68(77)81-61-57-53-49-45-41-38-35-32-29-26-24-22-20-18-19-21-23-25-28-30-33-36-39-43-47-51-55-59-67(76)73-64(65(75)58-54-50-46-42-12-10-8-6-4-2)63-82-72-71(80)70(79)69(78)66(62-74)83-72/h11-13,15-16,18-19,22,24,42,54,58,64-66,69-72,74-75,78-80H,3-10,14,17,20-21,23,25-41,43-53,55-57,59-63H2,1-2H3,(H,73,76)/b13-11-,16-15-,19-18-,24-22-,42-12+,58-54+. The van der Waals surface area contributed by atoms with Gasteiger partial charge < -0.3 is 45.1 Å². The van der Waals surface area contributed by atoms with E-state index < -0.39 is 49.5 Å². The van der Waals surface area contributed by atoms with Crippen molar-refractivity contribution in [3.63, 3.8) is 0 Å². The molecule has 0 spiro atoms. The van der Waals surface area contributed by atoms with Crippen molar-refractivity contribution in [3.05, 3.63) is 72.9 Å². The number of esters is 1. The number of amides is 1. The Kier molecular flexibility index (Phi) is 57.2. The number of hydrogen-bond donors (Lipinski definition) is 6. The fraction of sp³-hybridized carbons (Fsp3) is 0.806. The molecule has 6 N–H and O–H groups in total. The zero-order valence-corrected chi connectivity index (χ0v) is 53.4. The van der Waals surface area contributed by atoms with Crippen molar-refractivity contribution in [3.8, 4) is 0 Å². The molecule has 1 aliphatic heterocycles. The second kappa shape index (κ2) is 60.8. The molecular formula is C72H129NO10. The lowest BCUT2D eigenvalue weighted by atomic mass is 9.99. The summed E-state index contributed by atoms with van der Waals surface area (Å²) in [7, 11) is 0. The third-order valence-corrected chi connectivity index (χ3v) is 16.0. The zero-order chi connectivity index (χ0) is 60.2. The Morgan fingerprint density at radius 3 is 1.27 bits per heavy atom. The predicted molar refractivity (Wildman–Crippen MR) is 347 cm³/mol. The van der Waals surface area contributed by atoms with E-state index in [1.165, 1.54) is 199 Å². The van der Waals surface area contributed by atoms with Gasteiger partial charge in [-0.05, 0) is 109 Å². The average molecular weight is 1170 g/mol. The summed E-state index contributed by atoms with van der Waals surface area (Å²) in [5.41, 5.74) is 0. The summed E-state index contributed by atoms with van der Waals surface area (Å²) < 4.78 is 16.7. The molecule has 7 atom stereocenters. The Bertz CT molecular complexity index is 1610. The molecule has 0 aromatic carbocycles. The van der Waals surface area contributed by atoms with Crippen LogP contribution in [-0.2, 0) is 23.8 Å². The molecule has 0 bridgehead atoms. The minimum absolute atomic E-state index is 0.00363. The first-order valence-corrected chi connectivity index (χ1v) is 34.7. The van der Waals surface area contributed by atoms with E-state index in [-0.39, 0.29) is 18.5 Å². The number of allylic oxidation sites excluding steroid dienone is 11. The molecule has 11 nitrogen and oxygen atoms in total. The van der Waals surface area contributed by atoms with Crippen molar-refractivity contribution in [2.45, 2.75) is 352 Å². The molecule has 0 radical (unpaired) electrons. The molecule has 1 rings (SSSR count). The summed E-state index contributed by atoms with van der Waals surface area (Å²) in [6.07, 6.45) is 71.9. The number of aliphatic hydroxyl groups excluding tert-OH is 5. The molecule has 1 saturated heterocycles. The predicted octanol–water partition coefficient (Wildman–Crippen LogP) is 17.5. The maximum Gasteiger partial charge on any atom is 0.305 e. The van der Waals surface area contributed by atoms with E-state index in [0.29, 0.717) is 19.4 Å². The van der Waals surface area contributed by atoms with Gasteiger partial charge in [-0.2, -0.15) is 0 Å². The van der Waals surface area contributed by atoms with Crippen LogP contribution in [0.15, 0.2) is 72.9 Å². The van der Waals surface area contributed by atoms with E-state index >= 15 is 0 Å². The van der Waals surface area contributed by atoms with Crippen molar-refractivity contribution in [2.75, 3.05) is 19.8 Å². The highest BCUT2D eigenvalue weighted by Gasteiger charge is 2.44. The quantitative estimate of drug-likeness (QED) is 0.0195. The van der Waals surface area contributed by atoms with Crippen LogP contribution >= 0.6 is 0 Å². The fourth-order valence-corrected chi connectivity index (χ4v) is 10.5. The van der Waals surface area contributed by atoms with E-state index in [1.807, 2.05) is 6.08 Å². The summed E-state index contributed by atoms with van der Waals surface area (Å²) in [4.78, 5) is 25.1. The third-order valence-electron chi connectivity index (χ3n) is 16.0. The number of nitrogens with one attached hydrogen (secondary N) is 1. The van der Waals surface area contributed by atoms with Gasteiger partial charge in [0.1, 0.15) is 24.4 Å². The molecule has 0 aromatic heterocycles. The van der Waals surface area contributed by atoms with Gasteiger partial charge in [0.2, 0.25) is 5.91 Å². The van der Waals surface area contributed by atoms with Gasteiger partial charge in [0.15, 0.2) is 6.29 Å². The number of unbranched alkanes of at least 4 members (excludes halogenated alkanes) is 36. The van der Waals surface area contributed by atoms with Gasteiger partial charge in [-0.25, -0.2) is 0 Å². The SMILES string of the molecule is CCCCC/C=C\C/C=C\CCCCCCCCCCCC(=O)OCCCCCCCCCCC/C=C\C/C=C\CCCCCCCCCCCCCC(=O)NC(COC1OC(CO)C(O)C(O)C1O)C(O)/C=C/CC/C=C/CCCCC. The smallest absolute Gasteiger partial charge is 0.305 e. The first kappa shape index (κ1) is 78.1. The van der Waals surface area contributed by atoms with Crippen LogP contribution < -0.4 is 5.32 Å². The van der Waals surface area contributed by atoms with Gasteiger partial charge in [-0.3, -0.25) is 9.59 Å². The molecule has 1 aliphatic rings. The van der Waals surface area contributed by atoms with E-state index in [9.17, 15) is 35.1 Å². The van der Waals surface area contributed by atoms with E-state index in [0.717, 1.165) is 83.5 Å². The van der Waals surface area contributed by atoms with Crippen LogP contribution in [0, 0.1) is 0 Å². The number of aliphatic hydroxyl groups is 5. The number of rotatable bonds is 60. The van der Waals surface area contributed by atoms with E-state index in [4.69, 9.17) is 14.2 Å². The number of hydrogen-bond acceptors (Lipinski definition) is 10. The Morgan fingerprint density at radius 2 is 0.819 bits per heavy atom. The molecule has 11 heteroatoms. The highest BCUT2D eigenvalue weighted by atomic mass is 16.7. The minimum atomic E-state index is -1.58. The molecule has 1 heterocycles. The van der Waals surface area contributed by atoms with E-state index in [1.54, 1.807) is 6.08 Å². The average Bonchev–Trinajstić information content (AvgIpc) is 3.54. The zero-order valence-electron chi connectivity index (χ0n) is 53.4. The lowest BCUT2D eigenvalue weighted by Gasteiger charge is -2.40. The minimum Gasteiger partial charge on any atom is -0.466 e. The molecule has 482 valence electrons. The first-order valence-electron chi connectivity index (χ1n) is 34.7. The maximum atomic E-state index is 13.0. The highest BCUT2D eigenvalue weighted by molar-refractivity contribution is 5.76. The molecular weight excluding hydrogens is 1040 g/mol. The monoisotopic (exact) mass is 1170 g/mol. The highest BCUT2D eigenvalue weighted by Crippen LogP contribution is 2.23. The lowest BCUT2D eigenvalue weighted by molar-refractivity contribution is -0.302. The van der Waals surface area contributed by atoms with Gasteiger partial charge in [-0.1, -0.05) is 260 Å². The third kappa shape index (κ3) is 49.9. The van der Waals surface area contributed by atoms with Crippen molar-refractivity contribution < 1.29 is 49.3 Å². The van der Waals surface area contributed by atoms with E-state index in [2.05, 4.69) is 79.9 Å². The van der Waals surface area contributed by atoms with Crippen LogP contribution in [0.4, 0.5) is 0 Å². The molecule has 7 unspecified atom stereocenters. The second-order valence-electron chi connectivity index (χ2n) is 23.9. The molecule has 0 aromatic rings. The van der Waals surface area contributed by atoms with Crippen molar-refractivity contribution >= 4 is 11.9 Å². The van der Waals surface area contributed by atoms with Crippen molar-refractivity contribution in [1.82, 2.24) is 5.32 Å². The summed E-state index contributed by atoms with van der Waals surface area (Å²) in [5.74, 6) is -0.202. The number of ether oxygens (including phenoxy) is 3. The largest absolute Gasteiger partial charge is 0.466 e. The number of carbonyl (C=O) groups excluding carboxylic acids is 2. The van der Waals surface area contributed by atoms with Gasteiger partial charge >= 0.3 is 5.97 Å². The van der Waals surface area contributed by atoms with Crippen LogP contribution in [0.2, 0.25) is 0 Å². The Balaban J connectivity index is 1.94. The summed E-state index contributed by atoms with van der Waals surface area (Å²) in [6, 6.07) is -0.830. The first-order chi connectivity index (χ1) is 40.7. The van der Waals surface area contributed by atoms with Crippen molar-refractivity contribution in [1.29, 1.82) is 0 Å². The molecule has 0 saturated carbocycles. The second-order valence-corrected chi connectivity index (χ2v) is 23.9. The van der Waals surface area contributed by atoms with Crippen LogP contribution in [0.3, 0.4) is 0 Å². The summed E-state index contributed by atoms with van der Waals surface area (Å²) in [6.45, 7) is 4.25. The van der Waals surface area contributed by atoms with Crippen molar-refractivity contribution in [2.24, 2.45) is 0 Å². The molecule has 1 fully saturated rings. The Morgan fingerprint density at radius 1 is 0.446 bits per heavy atom. The molecule has 83 heavy (non-hydrogen) atoms. The summed E-state index contributed by atoms with van der Waals surface area (Å²) >= 11 is 0. The van der Waals surface area contributed by atoms with Crippen LogP contribution in [0.5, 0.6) is 0 Å². The fourth-order valence-electron chi connectivity index (χ4n) is 10.5. The molecule has 1 amide bonds. The van der Waals surface area contributed by atoms with Gasteiger partial charge in [0.05, 0.1) is 32.0 Å². The lowest BCUT2D eigenvalue weighted by Crippen LogP contribution is -2.60. The van der Waals surface area contributed by atoms with Gasteiger partial charge in [0, 0.05) is 12.8 Å². The molecule has 0 aliphatic carbocycles. The van der Waals surface area contributed by atoms with Crippen LogP contribution in [0.1, 0.15) is 309 Å². The Labute approximate surface area is 509 Å². The van der Waals surface area contributed by atoms with Gasteiger partial charge in [0.25, 0.3) is 0 Å². The number of carbonyl (C=O) groups is 2. The Hall–Kier alpha value is -2.90. The van der Waals surface area contributed by atoms with Crippen LogP contribution in [0.25, 0.3) is 0 Å².